The standard InChI is InChI=1S/C11H11N3O/c1-15-9-4-2-3-8(7-9)10-5-6-13-14-11(10)12/h2-7H,1H3,(H2,12,14). The van der Waals surface area contributed by atoms with Crippen molar-refractivity contribution in [2.75, 3.05) is 12.8 Å². The Labute approximate surface area is 87.7 Å². The summed E-state index contributed by atoms with van der Waals surface area (Å²) in [6.45, 7) is 0. The lowest BCUT2D eigenvalue weighted by atomic mass is 10.1. The van der Waals surface area contributed by atoms with Gasteiger partial charge in [0.05, 0.1) is 13.3 Å². The van der Waals surface area contributed by atoms with E-state index in [1.165, 1.54) is 0 Å². The molecule has 0 atom stereocenters. The van der Waals surface area contributed by atoms with Crippen LogP contribution in [-0.2, 0) is 0 Å². The highest BCUT2D eigenvalue weighted by molar-refractivity contribution is 5.73. The number of nitrogens with two attached hydrogens (primary N) is 1. The molecule has 0 saturated carbocycles. The van der Waals surface area contributed by atoms with Crippen LogP contribution >= 0.6 is 0 Å². The Morgan fingerprint density at radius 2 is 2.13 bits per heavy atom. The van der Waals surface area contributed by atoms with Crippen molar-refractivity contribution in [3.05, 3.63) is 36.5 Å². The molecular formula is C11H11N3O. The minimum atomic E-state index is 0.422. The van der Waals surface area contributed by atoms with E-state index in [9.17, 15) is 0 Å². The van der Waals surface area contributed by atoms with Gasteiger partial charge >= 0.3 is 0 Å². The predicted octanol–water partition coefficient (Wildman–Crippen LogP) is 1.73. The molecular weight excluding hydrogens is 190 g/mol. The number of nitrogens with zero attached hydrogens (tertiary/aromatic N) is 2. The zero-order valence-corrected chi connectivity index (χ0v) is 8.34. The molecule has 0 fully saturated rings. The normalized spacial score (nSPS) is 9.93. The molecule has 0 aliphatic carbocycles. The minimum Gasteiger partial charge on any atom is -0.497 e. The maximum absolute atomic E-state index is 5.73. The number of ether oxygens (including phenoxy) is 1. The maximum atomic E-state index is 5.73. The molecule has 0 saturated heterocycles. The first kappa shape index (κ1) is 9.45. The molecule has 0 spiro atoms. The Hall–Kier alpha value is -2.10. The van der Waals surface area contributed by atoms with Crippen LogP contribution in [-0.4, -0.2) is 17.3 Å². The van der Waals surface area contributed by atoms with E-state index in [2.05, 4.69) is 10.2 Å². The Bertz CT molecular complexity index is 471. The number of hydrogen-bond donors (Lipinski definition) is 1. The van der Waals surface area contributed by atoms with Crippen molar-refractivity contribution >= 4 is 5.82 Å². The highest BCUT2D eigenvalue weighted by atomic mass is 16.5. The fourth-order valence-corrected chi connectivity index (χ4v) is 1.38. The predicted molar refractivity (Wildman–Crippen MR) is 58.4 cm³/mol. The molecule has 4 nitrogen and oxygen atoms in total. The molecule has 0 radical (unpaired) electrons. The molecule has 0 aliphatic rings. The molecule has 4 heteroatoms. The van der Waals surface area contributed by atoms with Crippen LogP contribution in [0.2, 0.25) is 0 Å². The van der Waals surface area contributed by atoms with Gasteiger partial charge in [-0.2, -0.15) is 5.10 Å². The van der Waals surface area contributed by atoms with Crippen LogP contribution in [0.4, 0.5) is 5.82 Å². The average molecular weight is 201 g/mol. The van der Waals surface area contributed by atoms with Gasteiger partial charge in [-0.25, -0.2) is 0 Å². The van der Waals surface area contributed by atoms with E-state index in [4.69, 9.17) is 10.5 Å². The van der Waals surface area contributed by atoms with E-state index < -0.39 is 0 Å². The fraction of sp³-hybridized carbons (Fsp3) is 0.0909. The number of benzene rings is 1. The van der Waals surface area contributed by atoms with Gasteiger partial charge in [-0.3, -0.25) is 0 Å². The third-order valence-corrected chi connectivity index (χ3v) is 2.13. The topological polar surface area (TPSA) is 61.0 Å². The first-order valence-electron chi connectivity index (χ1n) is 4.53. The van der Waals surface area contributed by atoms with Gasteiger partial charge in [-0.1, -0.05) is 12.1 Å². The van der Waals surface area contributed by atoms with Gasteiger partial charge in [0.2, 0.25) is 0 Å². The van der Waals surface area contributed by atoms with Gasteiger partial charge in [-0.05, 0) is 23.8 Å². The third-order valence-electron chi connectivity index (χ3n) is 2.13. The zero-order chi connectivity index (χ0) is 10.7. The zero-order valence-electron chi connectivity index (χ0n) is 8.34. The summed E-state index contributed by atoms with van der Waals surface area (Å²) in [5.74, 6) is 1.22. The Morgan fingerprint density at radius 1 is 1.27 bits per heavy atom. The highest BCUT2D eigenvalue weighted by Crippen LogP contribution is 2.26. The second-order valence-electron chi connectivity index (χ2n) is 3.06. The van der Waals surface area contributed by atoms with Gasteiger partial charge in [0.15, 0.2) is 5.82 Å². The summed E-state index contributed by atoms with van der Waals surface area (Å²) in [7, 11) is 1.63. The van der Waals surface area contributed by atoms with Crippen LogP contribution in [0.5, 0.6) is 5.75 Å². The number of hydrogen-bond acceptors (Lipinski definition) is 4. The molecule has 0 unspecified atom stereocenters. The summed E-state index contributed by atoms with van der Waals surface area (Å²) in [6, 6.07) is 9.49. The second-order valence-corrected chi connectivity index (χ2v) is 3.06. The Kier molecular flexibility index (Phi) is 2.49. The van der Waals surface area contributed by atoms with Gasteiger partial charge < -0.3 is 10.5 Å². The van der Waals surface area contributed by atoms with Crippen molar-refractivity contribution in [1.82, 2.24) is 10.2 Å². The van der Waals surface area contributed by atoms with E-state index in [0.29, 0.717) is 5.82 Å². The summed E-state index contributed by atoms with van der Waals surface area (Å²) in [5, 5.41) is 7.50. The van der Waals surface area contributed by atoms with E-state index in [-0.39, 0.29) is 0 Å². The number of nitrogen functional groups attached to an aromatic ring is 1. The van der Waals surface area contributed by atoms with Crippen LogP contribution in [0.3, 0.4) is 0 Å². The Balaban J connectivity index is 2.49. The minimum absolute atomic E-state index is 0.422. The number of anilines is 1. The molecule has 0 bridgehead atoms. The van der Waals surface area contributed by atoms with Crippen LogP contribution in [0, 0.1) is 0 Å². The number of rotatable bonds is 2. The lowest BCUT2D eigenvalue weighted by Crippen LogP contribution is -1.95. The van der Waals surface area contributed by atoms with Gasteiger partial charge in [0.25, 0.3) is 0 Å². The molecule has 76 valence electrons. The lowest BCUT2D eigenvalue weighted by Gasteiger charge is -2.05. The van der Waals surface area contributed by atoms with Crippen LogP contribution in [0.15, 0.2) is 36.5 Å². The van der Waals surface area contributed by atoms with Crippen molar-refractivity contribution in [2.45, 2.75) is 0 Å². The van der Waals surface area contributed by atoms with E-state index in [1.54, 1.807) is 13.3 Å². The molecule has 1 aromatic heterocycles. The first-order chi connectivity index (χ1) is 7.31. The molecule has 0 amide bonds. The van der Waals surface area contributed by atoms with Gasteiger partial charge in [0.1, 0.15) is 5.75 Å². The van der Waals surface area contributed by atoms with Gasteiger partial charge in [-0.15, -0.1) is 5.10 Å². The average Bonchev–Trinajstić information content (AvgIpc) is 2.30. The van der Waals surface area contributed by atoms with E-state index in [0.717, 1.165) is 16.9 Å². The Morgan fingerprint density at radius 3 is 2.87 bits per heavy atom. The maximum Gasteiger partial charge on any atom is 0.153 e. The molecule has 0 aliphatic heterocycles. The fourth-order valence-electron chi connectivity index (χ4n) is 1.38. The number of aromatic nitrogens is 2. The lowest BCUT2D eigenvalue weighted by molar-refractivity contribution is 0.415. The van der Waals surface area contributed by atoms with Gasteiger partial charge in [0, 0.05) is 5.56 Å². The molecule has 1 aromatic carbocycles. The largest absolute Gasteiger partial charge is 0.497 e. The van der Waals surface area contributed by atoms with Crippen LogP contribution in [0.25, 0.3) is 11.1 Å². The van der Waals surface area contributed by atoms with E-state index in [1.807, 2.05) is 30.3 Å². The molecule has 2 aromatic rings. The van der Waals surface area contributed by atoms with Crippen molar-refractivity contribution < 1.29 is 4.74 Å². The van der Waals surface area contributed by atoms with E-state index >= 15 is 0 Å². The summed E-state index contributed by atoms with van der Waals surface area (Å²) in [6.07, 6.45) is 1.62. The van der Waals surface area contributed by atoms with Crippen molar-refractivity contribution in [2.24, 2.45) is 0 Å². The van der Waals surface area contributed by atoms with Crippen LogP contribution in [0.1, 0.15) is 0 Å². The quantitative estimate of drug-likeness (QED) is 0.803. The van der Waals surface area contributed by atoms with Crippen molar-refractivity contribution in [1.29, 1.82) is 0 Å². The summed E-state index contributed by atoms with van der Waals surface area (Å²) >= 11 is 0. The third kappa shape index (κ3) is 1.88. The number of methoxy groups -OCH3 is 1. The highest BCUT2D eigenvalue weighted by Gasteiger charge is 2.03. The molecule has 15 heavy (non-hydrogen) atoms. The summed E-state index contributed by atoms with van der Waals surface area (Å²) < 4.78 is 5.14. The second kappa shape index (κ2) is 3.96. The monoisotopic (exact) mass is 201 g/mol. The van der Waals surface area contributed by atoms with Crippen LogP contribution < -0.4 is 10.5 Å². The molecule has 1 heterocycles. The van der Waals surface area contributed by atoms with Crippen molar-refractivity contribution in [3.63, 3.8) is 0 Å². The molecule has 2 N–H and O–H groups in total. The smallest absolute Gasteiger partial charge is 0.153 e. The molecule has 2 rings (SSSR count). The summed E-state index contributed by atoms with van der Waals surface area (Å²) in [5.41, 5.74) is 7.57. The van der Waals surface area contributed by atoms with Crippen molar-refractivity contribution in [3.8, 4) is 16.9 Å². The summed E-state index contributed by atoms with van der Waals surface area (Å²) in [4.78, 5) is 0. The SMILES string of the molecule is COc1cccc(-c2ccnnc2N)c1. The first-order valence-corrected chi connectivity index (χ1v) is 4.53.